The Kier molecular flexibility index (Phi) is 3.76. The van der Waals surface area contributed by atoms with Crippen molar-refractivity contribution < 1.29 is 15.0 Å². The Bertz CT molecular complexity index is 181. The van der Waals surface area contributed by atoms with Gasteiger partial charge in [-0.05, 0) is 13.8 Å². The maximum atomic E-state index is 10.1. The highest BCUT2D eigenvalue weighted by Gasteiger charge is 2.13. The van der Waals surface area contributed by atoms with Crippen LogP contribution in [0.2, 0.25) is 0 Å². The van der Waals surface area contributed by atoms with Gasteiger partial charge in [-0.3, -0.25) is 0 Å². The van der Waals surface area contributed by atoms with Gasteiger partial charge >= 0.3 is 5.97 Å². The predicted molar refractivity (Wildman–Crippen MR) is 45.7 cm³/mol. The van der Waals surface area contributed by atoms with Gasteiger partial charge in [-0.2, -0.15) is 0 Å². The first kappa shape index (κ1) is 11.0. The van der Waals surface area contributed by atoms with Crippen LogP contribution in [0.5, 0.6) is 0 Å². The van der Waals surface area contributed by atoms with E-state index in [-0.39, 0.29) is 0 Å². The fourth-order valence-corrected chi connectivity index (χ4v) is 0.854. The molecule has 0 saturated heterocycles. The summed E-state index contributed by atoms with van der Waals surface area (Å²) in [4.78, 5) is 11.7. The van der Waals surface area contributed by atoms with Gasteiger partial charge in [0.2, 0.25) is 0 Å². The van der Waals surface area contributed by atoms with Crippen molar-refractivity contribution in [2.75, 3.05) is 13.6 Å². The number of aliphatic hydroxyl groups is 1. The summed E-state index contributed by atoms with van der Waals surface area (Å²) >= 11 is 0. The van der Waals surface area contributed by atoms with Crippen molar-refractivity contribution in [1.82, 2.24) is 4.90 Å². The summed E-state index contributed by atoms with van der Waals surface area (Å²) in [5, 5.41) is 17.6. The molecule has 0 rings (SSSR count). The largest absolute Gasteiger partial charge is 0.478 e. The molecule has 0 aromatic rings. The van der Waals surface area contributed by atoms with Crippen molar-refractivity contribution >= 4 is 5.97 Å². The van der Waals surface area contributed by atoms with Crippen molar-refractivity contribution in [3.8, 4) is 0 Å². The van der Waals surface area contributed by atoms with Crippen molar-refractivity contribution in [3.63, 3.8) is 0 Å². The molecule has 2 N–H and O–H groups in total. The second kappa shape index (κ2) is 4.11. The van der Waals surface area contributed by atoms with Crippen LogP contribution in [-0.4, -0.2) is 40.3 Å². The topological polar surface area (TPSA) is 60.8 Å². The molecule has 4 heteroatoms. The SMILES string of the molecule is CN(C=CC(=O)O)CC(C)(C)O. The molecule has 0 aromatic carbocycles. The van der Waals surface area contributed by atoms with Crippen LogP contribution >= 0.6 is 0 Å². The summed E-state index contributed by atoms with van der Waals surface area (Å²) in [6.07, 6.45) is 2.45. The van der Waals surface area contributed by atoms with Crippen LogP contribution in [0.3, 0.4) is 0 Å². The number of carboxylic acid groups (broad SMARTS) is 1. The summed E-state index contributed by atoms with van der Waals surface area (Å²) < 4.78 is 0. The van der Waals surface area contributed by atoms with E-state index in [1.54, 1.807) is 25.8 Å². The number of hydrogen-bond donors (Lipinski definition) is 2. The molecule has 0 unspecified atom stereocenters. The summed E-state index contributed by atoms with van der Waals surface area (Å²) in [6, 6.07) is 0. The molecular weight excluding hydrogens is 158 g/mol. The number of carbonyl (C=O) groups is 1. The highest BCUT2D eigenvalue weighted by atomic mass is 16.4. The monoisotopic (exact) mass is 173 g/mol. The zero-order valence-electron chi connectivity index (χ0n) is 7.61. The van der Waals surface area contributed by atoms with E-state index in [0.29, 0.717) is 6.54 Å². The third-order valence-electron chi connectivity index (χ3n) is 1.11. The molecule has 0 heterocycles. The van der Waals surface area contributed by atoms with Gasteiger partial charge in [0, 0.05) is 25.9 Å². The Hall–Kier alpha value is -1.03. The van der Waals surface area contributed by atoms with Crippen LogP contribution in [-0.2, 0) is 4.79 Å². The Labute approximate surface area is 72.1 Å². The smallest absolute Gasteiger partial charge is 0.329 e. The zero-order valence-corrected chi connectivity index (χ0v) is 7.61. The molecular formula is C8H15NO3. The van der Waals surface area contributed by atoms with Crippen LogP contribution in [0.4, 0.5) is 0 Å². The van der Waals surface area contributed by atoms with E-state index < -0.39 is 11.6 Å². The lowest BCUT2D eigenvalue weighted by Crippen LogP contribution is -2.33. The molecule has 0 fully saturated rings. The molecule has 0 amide bonds. The Morgan fingerprint density at radius 3 is 2.42 bits per heavy atom. The van der Waals surface area contributed by atoms with E-state index >= 15 is 0 Å². The summed E-state index contributed by atoms with van der Waals surface area (Å²) in [5.41, 5.74) is -0.808. The number of carboxylic acids is 1. The lowest BCUT2D eigenvalue weighted by atomic mass is 10.1. The summed E-state index contributed by atoms with van der Waals surface area (Å²) in [7, 11) is 1.71. The fourth-order valence-electron chi connectivity index (χ4n) is 0.854. The molecule has 0 aromatic heterocycles. The highest BCUT2D eigenvalue weighted by Crippen LogP contribution is 2.02. The maximum Gasteiger partial charge on any atom is 0.329 e. The van der Waals surface area contributed by atoms with E-state index in [1.807, 2.05) is 0 Å². The van der Waals surface area contributed by atoms with Crippen molar-refractivity contribution in [1.29, 1.82) is 0 Å². The number of nitrogens with zero attached hydrogens (tertiary/aromatic N) is 1. The van der Waals surface area contributed by atoms with Gasteiger partial charge in [0.25, 0.3) is 0 Å². The first-order valence-electron chi connectivity index (χ1n) is 3.65. The molecule has 0 atom stereocenters. The molecule has 70 valence electrons. The summed E-state index contributed by atoms with van der Waals surface area (Å²) in [6.45, 7) is 3.73. The lowest BCUT2D eigenvalue weighted by molar-refractivity contribution is -0.131. The second-order valence-corrected chi connectivity index (χ2v) is 3.38. The average Bonchev–Trinajstić information content (AvgIpc) is 1.79. The van der Waals surface area contributed by atoms with E-state index in [2.05, 4.69) is 0 Å². The first-order chi connectivity index (χ1) is 5.31. The molecule has 0 radical (unpaired) electrons. The van der Waals surface area contributed by atoms with Crippen LogP contribution in [0.1, 0.15) is 13.8 Å². The minimum Gasteiger partial charge on any atom is -0.478 e. The number of rotatable bonds is 4. The Morgan fingerprint density at radius 2 is 2.08 bits per heavy atom. The molecule has 0 spiro atoms. The highest BCUT2D eigenvalue weighted by molar-refractivity contribution is 5.79. The predicted octanol–water partition coefficient (Wildman–Crippen LogP) is 0.287. The van der Waals surface area contributed by atoms with Gasteiger partial charge in [0.1, 0.15) is 0 Å². The molecule has 0 aliphatic rings. The lowest BCUT2D eigenvalue weighted by Gasteiger charge is -2.23. The fraction of sp³-hybridized carbons (Fsp3) is 0.625. The quantitative estimate of drug-likeness (QED) is 0.600. The Morgan fingerprint density at radius 1 is 1.58 bits per heavy atom. The molecule has 0 aliphatic carbocycles. The van der Waals surface area contributed by atoms with Gasteiger partial charge in [0.15, 0.2) is 0 Å². The van der Waals surface area contributed by atoms with Crippen molar-refractivity contribution in [3.05, 3.63) is 12.3 Å². The minimum absolute atomic E-state index is 0.400. The molecule has 12 heavy (non-hydrogen) atoms. The van der Waals surface area contributed by atoms with Crippen LogP contribution in [0, 0.1) is 0 Å². The minimum atomic E-state index is -0.988. The summed E-state index contributed by atoms with van der Waals surface area (Å²) in [5.74, 6) is -0.988. The first-order valence-corrected chi connectivity index (χ1v) is 3.65. The van der Waals surface area contributed by atoms with Crippen molar-refractivity contribution in [2.24, 2.45) is 0 Å². The van der Waals surface area contributed by atoms with Crippen LogP contribution in [0.25, 0.3) is 0 Å². The van der Waals surface area contributed by atoms with Gasteiger partial charge in [-0.15, -0.1) is 0 Å². The van der Waals surface area contributed by atoms with Crippen molar-refractivity contribution in [2.45, 2.75) is 19.4 Å². The number of aliphatic carboxylic acids is 1. The molecule has 0 bridgehead atoms. The van der Waals surface area contributed by atoms with E-state index in [1.165, 1.54) is 6.20 Å². The average molecular weight is 173 g/mol. The third kappa shape index (κ3) is 7.08. The van der Waals surface area contributed by atoms with E-state index in [9.17, 15) is 9.90 Å². The van der Waals surface area contributed by atoms with Crippen LogP contribution < -0.4 is 0 Å². The van der Waals surface area contributed by atoms with Gasteiger partial charge < -0.3 is 15.1 Å². The zero-order chi connectivity index (χ0) is 9.78. The van der Waals surface area contributed by atoms with E-state index in [4.69, 9.17) is 5.11 Å². The third-order valence-corrected chi connectivity index (χ3v) is 1.11. The number of hydrogen-bond acceptors (Lipinski definition) is 3. The second-order valence-electron chi connectivity index (χ2n) is 3.38. The molecule has 0 aliphatic heterocycles. The molecule has 0 saturated carbocycles. The van der Waals surface area contributed by atoms with E-state index in [0.717, 1.165) is 6.08 Å². The van der Waals surface area contributed by atoms with Gasteiger partial charge in [-0.25, -0.2) is 4.79 Å². The van der Waals surface area contributed by atoms with Gasteiger partial charge in [0.05, 0.1) is 5.60 Å². The normalized spacial score (nSPS) is 12.0. The standard InChI is InChI=1S/C8H15NO3/c1-8(2,12)6-9(3)5-4-7(10)11/h4-5,12H,6H2,1-3H3,(H,10,11). The van der Waals surface area contributed by atoms with Gasteiger partial charge in [-0.1, -0.05) is 0 Å². The maximum absolute atomic E-state index is 10.1. The Balaban J connectivity index is 3.90. The molecule has 4 nitrogen and oxygen atoms in total. The number of likely N-dealkylation sites (N-methyl/N-ethyl adjacent to an activating group) is 1. The van der Waals surface area contributed by atoms with Crippen LogP contribution in [0.15, 0.2) is 12.3 Å².